The SMILES string of the molecule is CCC12O[C@H](c3ccccc3)CC1(C)C[C@H](c1ccccc1)O2. The van der Waals surface area contributed by atoms with Gasteiger partial charge >= 0.3 is 0 Å². The lowest BCUT2D eigenvalue weighted by Gasteiger charge is -2.33. The zero-order valence-electron chi connectivity index (χ0n) is 13.9. The molecule has 2 fully saturated rings. The van der Waals surface area contributed by atoms with Crippen molar-refractivity contribution in [2.45, 2.75) is 51.1 Å². The van der Waals surface area contributed by atoms with Gasteiger partial charge in [-0.25, -0.2) is 0 Å². The molecule has 0 spiro atoms. The molecule has 0 radical (unpaired) electrons. The topological polar surface area (TPSA) is 18.5 Å². The summed E-state index contributed by atoms with van der Waals surface area (Å²) in [5.74, 6) is -0.464. The van der Waals surface area contributed by atoms with Crippen LogP contribution in [-0.2, 0) is 9.47 Å². The van der Waals surface area contributed by atoms with Crippen molar-refractivity contribution in [1.82, 2.24) is 0 Å². The lowest BCUT2D eigenvalue weighted by Crippen LogP contribution is -2.39. The molecule has 0 aromatic heterocycles. The van der Waals surface area contributed by atoms with E-state index >= 15 is 0 Å². The molecule has 2 heteroatoms. The van der Waals surface area contributed by atoms with Gasteiger partial charge in [0.1, 0.15) is 0 Å². The summed E-state index contributed by atoms with van der Waals surface area (Å²) in [5, 5.41) is 0. The molecule has 2 heterocycles. The number of rotatable bonds is 3. The summed E-state index contributed by atoms with van der Waals surface area (Å²) in [4.78, 5) is 0. The van der Waals surface area contributed by atoms with E-state index in [1.54, 1.807) is 0 Å². The van der Waals surface area contributed by atoms with Crippen LogP contribution in [-0.4, -0.2) is 5.79 Å². The second kappa shape index (κ2) is 5.47. The van der Waals surface area contributed by atoms with E-state index in [2.05, 4.69) is 74.5 Å². The van der Waals surface area contributed by atoms with Crippen molar-refractivity contribution in [1.29, 1.82) is 0 Å². The molecule has 23 heavy (non-hydrogen) atoms. The van der Waals surface area contributed by atoms with Crippen LogP contribution in [0.5, 0.6) is 0 Å². The predicted octanol–water partition coefficient (Wildman–Crippen LogP) is 5.42. The third-order valence-electron chi connectivity index (χ3n) is 5.66. The maximum Gasteiger partial charge on any atom is 0.175 e. The van der Waals surface area contributed by atoms with Crippen LogP contribution in [0.3, 0.4) is 0 Å². The first-order valence-electron chi connectivity index (χ1n) is 8.61. The summed E-state index contributed by atoms with van der Waals surface area (Å²) < 4.78 is 13.1. The zero-order chi connectivity index (χ0) is 15.9. The number of hydrogen-bond acceptors (Lipinski definition) is 2. The summed E-state index contributed by atoms with van der Waals surface area (Å²) in [6.45, 7) is 4.52. The molecule has 0 bridgehead atoms. The third kappa shape index (κ3) is 2.32. The Morgan fingerprint density at radius 1 is 0.826 bits per heavy atom. The summed E-state index contributed by atoms with van der Waals surface area (Å²) >= 11 is 0. The molecule has 120 valence electrons. The van der Waals surface area contributed by atoms with Crippen molar-refractivity contribution < 1.29 is 9.47 Å². The maximum atomic E-state index is 6.54. The monoisotopic (exact) mass is 308 g/mol. The highest BCUT2D eigenvalue weighted by molar-refractivity contribution is 5.24. The van der Waals surface area contributed by atoms with Crippen LogP contribution in [0.2, 0.25) is 0 Å². The molecular formula is C21H24O2. The molecule has 4 atom stereocenters. The van der Waals surface area contributed by atoms with Crippen molar-refractivity contribution in [3.8, 4) is 0 Å². The average molecular weight is 308 g/mol. The van der Waals surface area contributed by atoms with E-state index in [-0.39, 0.29) is 17.6 Å². The molecule has 2 nitrogen and oxygen atoms in total. The van der Waals surface area contributed by atoms with E-state index in [1.807, 2.05) is 0 Å². The van der Waals surface area contributed by atoms with Gasteiger partial charge in [-0.3, -0.25) is 0 Å². The first-order valence-corrected chi connectivity index (χ1v) is 8.61. The fraction of sp³-hybridized carbons (Fsp3) is 0.429. The van der Waals surface area contributed by atoms with Gasteiger partial charge in [0.2, 0.25) is 0 Å². The molecule has 0 amide bonds. The highest BCUT2D eigenvalue weighted by Crippen LogP contribution is 2.63. The molecule has 2 unspecified atom stereocenters. The molecule has 2 saturated heterocycles. The van der Waals surface area contributed by atoms with Gasteiger partial charge in [0, 0.05) is 5.41 Å². The van der Waals surface area contributed by atoms with Crippen molar-refractivity contribution in [2.24, 2.45) is 5.41 Å². The van der Waals surface area contributed by atoms with Crippen LogP contribution >= 0.6 is 0 Å². The Balaban J connectivity index is 1.62. The highest BCUT2D eigenvalue weighted by Gasteiger charge is 2.63. The van der Waals surface area contributed by atoms with Crippen LogP contribution in [0.4, 0.5) is 0 Å². The van der Waals surface area contributed by atoms with Crippen LogP contribution in [0.15, 0.2) is 60.7 Å². The summed E-state index contributed by atoms with van der Waals surface area (Å²) in [6, 6.07) is 21.1. The van der Waals surface area contributed by atoms with Crippen molar-refractivity contribution in [3.63, 3.8) is 0 Å². The van der Waals surface area contributed by atoms with Gasteiger partial charge in [-0.2, -0.15) is 0 Å². The van der Waals surface area contributed by atoms with Gasteiger partial charge in [-0.1, -0.05) is 74.5 Å². The van der Waals surface area contributed by atoms with E-state index in [4.69, 9.17) is 9.47 Å². The fourth-order valence-electron chi connectivity index (χ4n) is 4.37. The first-order chi connectivity index (χ1) is 11.2. The minimum absolute atomic E-state index is 0.0583. The van der Waals surface area contributed by atoms with Gasteiger partial charge in [-0.15, -0.1) is 0 Å². The quantitative estimate of drug-likeness (QED) is 0.753. The molecule has 0 N–H and O–H groups in total. The zero-order valence-corrected chi connectivity index (χ0v) is 13.9. The first kappa shape index (κ1) is 14.9. The van der Waals surface area contributed by atoms with Gasteiger partial charge in [0.05, 0.1) is 12.2 Å². The largest absolute Gasteiger partial charge is 0.341 e. The van der Waals surface area contributed by atoms with E-state index in [0.29, 0.717) is 0 Å². The Bertz CT molecular complexity index is 613. The molecule has 2 aliphatic rings. The number of benzene rings is 2. The Hall–Kier alpha value is -1.64. The van der Waals surface area contributed by atoms with Gasteiger partial charge in [0.25, 0.3) is 0 Å². The molecule has 4 rings (SSSR count). The van der Waals surface area contributed by atoms with Crippen LogP contribution < -0.4 is 0 Å². The predicted molar refractivity (Wildman–Crippen MR) is 90.9 cm³/mol. The third-order valence-corrected chi connectivity index (χ3v) is 5.66. The van der Waals surface area contributed by atoms with Crippen LogP contribution in [0.1, 0.15) is 56.4 Å². The van der Waals surface area contributed by atoms with Gasteiger partial charge < -0.3 is 9.47 Å². The standard InChI is InChI=1S/C21H24O2/c1-3-21-20(2,14-18(22-21)16-10-6-4-7-11-16)15-19(23-21)17-12-8-5-9-13-17/h4-13,18-19H,3,14-15H2,1-2H3/t18-,19+,20?,21?. The highest BCUT2D eigenvalue weighted by atomic mass is 16.7. The minimum Gasteiger partial charge on any atom is -0.341 e. The Kier molecular flexibility index (Phi) is 3.55. The number of hydrogen-bond donors (Lipinski definition) is 0. The summed E-state index contributed by atoms with van der Waals surface area (Å²) in [6.07, 6.45) is 3.20. The molecular weight excluding hydrogens is 284 g/mol. The molecule has 2 aliphatic heterocycles. The minimum atomic E-state index is -0.464. The summed E-state index contributed by atoms with van der Waals surface area (Å²) in [7, 11) is 0. The van der Waals surface area contributed by atoms with E-state index in [0.717, 1.165) is 19.3 Å². The molecule has 0 saturated carbocycles. The lowest BCUT2D eigenvalue weighted by atomic mass is 9.75. The van der Waals surface area contributed by atoms with E-state index in [9.17, 15) is 0 Å². The second-order valence-corrected chi connectivity index (χ2v) is 7.11. The normalized spacial score (nSPS) is 36.1. The average Bonchev–Trinajstić information content (AvgIpc) is 3.04. The number of fused-ring (bicyclic) bond motifs is 1. The molecule has 0 aliphatic carbocycles. The van der Waals surface area contributed by atoms with Gasteiger partial charge in [0.15, 0.2) is 5.79 Å². The fourth-order valence-corrected chi connectivity index (χ4v) is 4.37. The Morgan fingerprint density at radius 2 is 1.26 bits per heavy atom. The van der Waals surface area contributed by atoms with Crippen molar-refractivity contribution in [3.05, 3.63) is 71.8 Å². The van der Waals surface area contributed by atoms with Crippen LogP contribution in [0, 0.1) is 5.41 Å². The Morgan fingerprint density at radius 3 is 1.61 bits per heavy atom. The van der Waals surface area contributed by atoms with Gasteiger partial charge in [-0.05, 0) is 30.4 Å². The molecule has 2 aromatic rings. The second-order valence-electron chi connectivity index (χ2n) is 7.11. The maximum absolute atomic E-state index is 6.54. The summed E-state index contributed by atoms with van der Waals surface area (Å²) in [5.41, 5.74) is 2.58. The molecule has 2 aromatic carbocycles. The lowest BCUT2D eigenvalue weighted by molar-refractivity contribution is -0.248. The Labute approximate surface area is 138 Å². The smallest absolute Gasteiger partial charge is 0.175 e. The van der Waals surface area contributed by atoms with E-state index < -0.39 is 5.79 Å². The van der Waals surface area contributed by atoms with Crippen molar-refractivity contribution >= 4 is 0 Å². The van der Waals surface area contributed by atoms with Crippen LogP contribution in [0.25, 0.3) is 0 Å². The number of ether oxygens (including phenoxy) is 2. The van der Waals surface area contributed by atoms with E-state index in [1.165, 1.54) is 11.1 Å². The van der Waals surface area contributed by atoms with Crippen molar-refractivity contribution in [2.75, 3.05) is 0 Å².